The molecule has 0 aliphatic rings. The van der Waals surface area contributed by atoms with E-state index in [-0.39, 0.29) is 25.5 Å². The van der Waals surface area contributed by atoms with E-state index >= 15 is 0 Å². The van der Waals surface area contributed by atoms with Gasteiger partial charge in [0.25, 0.3) is 0 Å². The number of aliphatic hydroxyl groups is 2. The molecule has 5 nitrogen and oxygen atoms in total. The number of amides is 1. The summed E-state index contributed by atoms with van der Waals surface area (Å²) in [5.74, 6) is 0.00599. The molecule has 0 radical (unpaired) electrons. The number of unbranched alkanes of at least 4 members (excludes halogenated alkanes) is 12. The second-order valence-electron chi connectivity index (χ2n) is 8.03. The number of carbonyl (C=O) groups is 1. The Morgan fingerprint density at radius 2 is 1.26 bits per heavy atom. The van der Waals surface area contributed by atoms with Gasteiger partial charge in [-0.1, -0.05) is 84.0 Å². The summed E-state index contributed by atoms with van der Waals surface area (Å²) < 4.78 is 0. The van der Waals surface area contributed by atoms with Crippen LogP contribution in [0.3, 0.4) is 0 Å². The smallest absolute Gasteiger partial charge is 0.222 e. The van der Waals surface area contributed by atoms with Gasteiger partial charge >= 0.3 is 0 Å². The molecular weight excluding hydrogens is 340 g/mol. The van der Waals surface area contributed by atoms with E-state index in [1.54, 1.807) is 11.8 Å². The van der Waals surface area contributed by atoms with Crippen LogP contribution in [-0.4, -0.2) is 52.9 Å². The van der Waals surface area contributed by atoms with E-state index in [1.165, 1.54) is 70.6 Å². The minimum Gasteiger partial charge on any atom is -0.392 e. The first-order valence-corrected chi connectivity index (χ1v) is 11.3. The maximum atomic E-state index is 12.3. The molecule has 27 heavy (non-hydrogen) atoms. The molecule has 0 fully saturated rings. The predicted molar refractivity (Wildman–Crippen MR) is 114 cm³/mol. The Morgan fingerprint density at radius 3 is 1.67 bits per heavy atom. The minimum absolute atomic E-state index is 0.00599. The van der Waals surface area contributed by atoms with E-state index < -0.39 is 12.2 Å². The van der Waals surface area contributed by atoms with Crippen LogP contribution in [0.15, 0.2) is 0 Å². The molecule has 2 atom stereocenters. The first-order chi connectivity index (χ1) is 13.0. The van der Waals surface area contributed by atoms with E-state index in [2.05, 4.69) is 6.92 Å². The number of rotatable bonds is 19. The van der Waals surface area contributed by atoms with E-state index in [0.717, 1.165) is 12.8 Å². The molecule has 0 spiro atoms. The lowest BCUT2D eigenvalue weighted by Gasteiger charge is -2.26. The van der Waals surface area contributed by atoms with Gasteiger partial charge in [-0.05, 0) is 13.3 Å². The molecule has 0 aromatic carbocycles. The van der Waals surface area contributed by atoms with Crippen molar-refractivity contribution in [3.8, 4) is 0 Å². The summed E-state index contributed by atoms with van der Waals surface area (Å²) in [5.41, 5.74) is 5.43. The lowest BCUT2D eigenvalue weighted by molar-refractivity contribution is -0.134. The molecule has 0 saturated carbocycles. The van der Waals surface area contributed by atoms with Crippen molar-refractivity contribution in [1.29, 1.82) is 0 Å². The standard InChI is InChI=1S/C22H46N2O3/c1-3-4-5-6-7-8-9-10-11-12-13-14-15-16-22(27)24(18-20(2)25)19-21(26)17-23/h20-21,25-26H,3-19,23H2,1-2H3. The lowest BCUT2D eigenvalue weighted by Crippen LogP contribution is -2.43. The Hall–Kier alpha value is -0.650. The number of aliphatic hydroxyl groups excluding tert-OH is 2. The summed E-state index contributed by atoms with van der Waals surface area (Å²) in [6.45, 7) is 4.50. The third kappa shape index (κ3) is 17.2. The molecule has 2 unspecified atom stereocenters. The van der Waals surface area contributed by atoms with Gasteiger partial charge in [0, 0.05) is 26.1 Å². The number of hydrogen-bond donors (Lipinski definition) is 3. The van der Waals surface area contributed by atoms with Gasteiger partial charge in [0.2, 0.25) is 5.91 Å². The summed E-state index contributed by atoms with van der Waals surface area (Å²) in [4.78, 5) is 13.8. The first kappa shape index (κ1) is 26.4. The van der Waals surface area contributed by atoms with Crippen LogP contribution in [-0.2, 0) is 4.79 Å². The van der Waals surface area contributed by atoms with Gasteiger partial charge in [-0.25, -0.2) is 0 Å². The molecule has 0 aromatic heterocycles. The number of carbonyl (C=O) groups excluding carboxylic acids is 1. The molecule has 4 N–H and O–H groups in total. The van der Waals surface area contributed by atoms with Crippen LogP contribution < -0.4 is 5.73 Å². The zero-order chi connectivity index (χ0) is 20.3. The van der Waals surface area contributed by atoms with Crippen LogP contribution in [0.2, 0.25) is 0 Å². The Labute approximate surface area is 167 Å². The predicted octanol–water partition coefficient (Wildman–Crippen LogP) is 4.00. The number of nitrogens with zero attached hydrogens (tertiary/aromatic N) is 1. The summed E-state index contributed by atoms with van der Waals surface area (Å²) >= 11 is 0. The molecule has 0 rings (SSSR count). The normalized spacial score (nSPS) is 13.5. The first-order valence-electron chi connectivity index (χ1n) is 11.3. The van der Waals surface area contributed by atoms with E-state index in [9.17, 15) is 15.0 Å². The maximum absolute atomic E-state index is 12.3. The van der Waals surface area contributed by atoms with Crippen molar-refractivity contribution in [2.24, 2.45) is 5.73 Å². The zero-order valence-electron chi connectivity index (χ0n) is 18.0. The Balaban J connectivity index is 3.62. The Bertz CT molecular complexity index is 338. The van der Waals surface area contributed by atoms with Crippen LogP contribution in [0.25, 0.3) is 0 Å². The summed E-state index contributed by atoms with van der Waals surface area (Å²) in [5, 5.41) is 19.2. The summed E-state index contributed by atoms with van der Waals surface area (Å²) in [7, 11) is 0. The van der Waals surface area contributed by atoms with Crippen molar-refractivity contribution in [2.45, 2.75) is 116 Å². The molecule has 0 aliphatic heterocycles. The fourth-order valence-corrected chi connectivity index (χ4v) is 3.38. The summed E-state index contributed by atoms with van der Waals surface area (Å²) in [6.07, 6.45) is 15.9. The van der Waals surface area contributed by atoms with Crippen LogP contribution in [0.5, 0.6) is 0 Å². The van der Waals surface area contributed by atoms with E-state index in [4.69, 9.17) is 5.73 Å². The van der Waals surface area contributed by atoms with Crippen LogP contribution in [0, 0.1) is 0 Å². The van der Waals surface area contributed by atoms with Crippen molar-refractivity contribution in [3.63, 3.8) is 0 Å². The van der Waals surface area contributed by atoms with Gasteiger partial charge in [-0.3, -0.25) is 4.79 Å². The average molecular weight is 387 g/mol. The van der Waals surface area contributed by atoms with E-state index in [0.29, 0.717) is 6.42 Å². The van der Waals surface area contributed by atoms with Gasteiger partial charge < -0.3 is 20.8 Å². The Kier molecular flexibility index (Phi) is 18.3. The van der Waals surface area contributed by atoms with Crippen LogP contribution >= 0.6 is 0 Å². The van der Waals surface area contributed by atoms with Crippen molar-refractivity contribution >= 4 is 5.91 Å². The second kappa shape index (κ2) is 18.7. The fraction of sp³-hybridized carbons (Fsp3) is 0.955. The van der Waals surface area contributed by atoms with Gasteiger partial charge in [0.15, 0.2) is 0 Å². The van der Waals surface area contributed by atoms with Crippen molar-refractivity contribution in [1.82, 2.24) is 4.90 Å². The van der Waals surface area contributed by atoms with Crippen LogP contribution in [0.1, 0.15) is 104 Å². The Morgan fingerprint density at radius 1 is 0.815 bits per heavy atom. The molecule has 1 amide bonds. The molecule has 0 aliphatic carbocycles. The molecule has 0 heterocycles. The molecule has 0 aromatic rings. The van der Waals surface area contributed by atoms with Gasteiger partial charge in [-0.15, -0.1) is 0 Å². The lowest BCUT2D eigenvalue weighted by atomic mass is 10.0. The van der Waals surface area contributed by atoms with Gasteiger partial charge in [0.1, 0.15) is 0 Å². The number of hydrogen-bond acceptors (Lipinski definition) is 4. The highest BCUT2D eigenvalue weighted by Crippen LogP contribution is 2.13. The molecule has 162 valence electrons. The minimum atomic E-state index is -0.723. The second-order valence-corrected chi connectivity index (χ2v) is 8.03. The SMILES string of the molecule is CCCCCCCCCCCCCCCC(=O)N(CC(C)O)CC(O)CN. The third-order valence-corrected chi connectivity index (χ3v) is 5.03. The van der Waals surface area contributed by atoms with Gasteiger partial charge in [-0.2, -0.15) is 0 Å². The summed E-state index contributed by atoms with van der Waals surface area (Å²) in [6, 6.07) is 0. The third-order valence-electron chi connectivity index (χ3n) is 5.03. The largest absolute Gasteiger partial charge is 0.392 e. The highest BCUT2D eigenvalue weighted by molar-refractivity contribution is 5.76. The monoisotopic (exact) mass is 386 g/mol. The fourth-order valence-electron chi connectivity index (χ4n) is 3.38. The topological polar surface area (TPSA) is 86.8 Å². The molecule has 5 heteroatoms. The highest BCUT2D eigenvalue weighted by Gasteiger charge is 2.18. The molecule has 0 saturated heterocycles. The van der Waals surface area contributed by atoms with Crippen LogP contribution in [0.4, 0.5) is 0 Å². The number of nitrogens with two attached hydrogens (primary N) is 1. The zero-order valence-corrected chi connectivity index (χ0v) is 18.0. The average Bonchev–Trinajstić information content (AvgIpc) is 2.64. The maximum Gasteiger partial charge on any atom is 0.222 e. The van der Waals surface area contributed by atoms with E-state index in [1.807, 2.05) is 0 Å². The molecule has 0 bridgehead atoms. The van der Waals surface area contributed by atoms with Gasteiger partial charge in [0.05, 0.1) is 12.2 Å². The van der Waals surface area contributed by atoms with Crippen molar-refractivity contribution in [3.05, 3.63) is 0 Å². The van der Waals surface area contributed by atoms with Crippen molar-refractivity contribution < 1.29 is 15.0 Å². The highest BCUT2D eigenvalue weighted by atomic mass is 16.3. The van der Waals surface area contributed by atoms with Crippen molar-refractivity contribution in [2.75, 3.05) is 19.6 Å². The quantitative estimate of drug-likeness (QED) is 0.293. The molecular formula is C22H46N2O3.